The topological polar surface area (TPSA) is 76.4 Å². The van der Waals surface area contributed by atoms with Crippen molar-refractivity contribution >= 4 is 5.96 Å². The van der Waals surface area contributed by atoms with Crippen LogP contribution in [0.4, 0.5) is 8.78 Å². The van der Waals surface area contributed by atoms with Crippen LogP contribution in [-0.4, -0.2) is 41.0 Å². The van der Waals surface area contributed by atoms with Gasteiger partial charge in [-0.05, 0) is 25.1 Å². The molecule has 2 N–H and O–H groups in total. The molecule has 0 bridgehead atoms. The number of nitrogens with one attached hydrogen (secondary N) is 2. The zero-order valence-corrected chi connectivity index (χ0v) is 14.5. The number of ether oxygens (including phenoxy) is 1. The van der Waals surface area contributed by atoms with Crippen LogP contribution in [0.25, 0.3) is 0 Å². The molecular formula is C16H22F2N6O. The molecule has 0 aliphatic carbocycles. The maximum absolute atomic E-state index is 13.7. The highest BCUT2D eigenvalue weighted by Gasteiger charge is 2.07. The Morgan fingerprint density at radius 3 is 2.76 bits per heavy atom. The Hall–Kier alpha value is -2.55. The highest BCUT2D eigenvalue weighted by atomic mass is 19.1. The van der Waals surface area contributed by atoms with E-state index in [0.717, 1.165) is 29.8 Å². The van der Waals surface area contributed by atoms with Gasteiger partial charge in [-0.15, -0.1) is 10.2 Å². The van der Waals surface area contributed by atoms with E-state index in [9.17, 15) is 8.78 Å². The summed E-state index contributed by atoms with van der Waals surface area (Å²) in [6.45, 7) is 3.25. The second-order valence-corrected chi connectivity index (χ2v) is 5.40. The molecule has 0 atom stereocenters. The SMILES string of the molecule is COCCNC(=NCc1cc(F)ccc1F)NCc1nnc(C)n1C. The van der Waals surface area contributed by atoms with E-state index >= 15 is 0 Å². The van der Waals surface area contributed by atoms with Crippen molar-refractivity contribution in [1.82, 2.24) is 25.4 Å². The summed E-state index contributed by atoms with van der Waals surface area (Å²) in [4.78, 5) is 4.29. The normalized spacial score (nSPS) is 11.6. The Morgan fingerprint density at radius 1 is 1.28 bits per heavy atom. The monoisotopic (exact) mass is 352 g/mol. The summed E-state index contributed by atoms with van der Waals surface area (Å²) in [5.41, 5.74) is 0.183. The number of benzene rings is 1. The molecule has 0 spiro atoms. The highest BCUT2D eigenvalue weighted by Crippen LogP contribution is 2.10. The van der Waals surface area contributed by atoms with Gasteiger partial charge >= 0.3 is 0 Å². The van der Waals surface area contributed by atoms with Crippen LogP contribution >= 0.6 is 0 Å². The fourth-order valence-electron chi connectivity index (χ4n) is 2.04. The number of aryl methyl sites for hydroxylation is 1. The number of aliphatic imine (C=N–C) groups is 1. The molecule has 2 rings (SSSR count). The lowest BCUT2D eigenvalue weighted by atomic mass is 10.2. The van der Waals surface area contributed by atoms with Gasteiger partial charge in [0.15, 0.2) is 11.8 Å². The summed E-state index contributed by atoms with van der Waals surface area (Å²) in [6.07, 6.45) is 0. The molecule has 136 valence electrons. The van der Waals surface area contributed by atoms with E-state index in [0.29, 0.717) is 25.7 Å². The predicted octanol–water partition coefficient (Wildman–Crippen LogP) is 1.28. The van der Waals surface area contributed by atoms with Gasteiger partial charge in [-0.3, -0.25) is 0 Å². The van der Waals surface area contributed by atoms with Crippen LogP contribution in [0.15, 0.2) is 23.2 Å². The lowest BCUT2D eigenvalue weighted by molar-refractivity contribution is 0.203. The Balaban J connectivity index is 2.05. The summed E-state index contributed by atoms with van der Waals surface area (Å²) in [5.74, 6) is 0.981. The molecule has 1 aromatic carbocycles. The Labute approximate surface area is 145 Å². The first-order chi connectivity index (χ1) is 12.0. The van der Waals surface area contributed by atoms with Crippen LogP contribution in [0.3, 0.4) is 0 Å². The number of rotatable bonds is 7. The zero-order chi connectivity index (χ0) is 18.2. The van der Waals surface area contributed by atoms with E-state index < -0.39 is 11.6 Å². The molecule has 0 saturated carbocycles. The molecule has 1 heterocycles. The van der Waals surface area contributed by atoms with Gasteiger partial charge in [0.25, 0.3) is 0 Å². The minimum Gasteiger partial charge on any atom is -0.383 e. The lowest BCUT2D eigenvalue weighted by Gasteiger charge is -2.12. The molecule has 0 radical (unpaired) electrons. The average Bonchev–Trinajstić information content (AvgIpc) is 2.91. The fourth-order valence-corrected chi connectivity index (χ4v) is 2.04. The van der Waals surface area contributed by atoms with E-state index in [4.69, 9.17) is 4.74 Å². The molecule has 0 amide bonds. The van der Waals surface area contributed by atoms with E-state index in [-0.39, 0.29) is 12.1 Å². The largest absolute Gasteiger partial charge is 0.383 e. The molecule has 1 aromatic heterocycles. The lowest BCUT2D eigenvalue weighted by Crippen LogP contribution is -2.39. The third-order valence-corrected chi connectivity index (χ3v) is 3.61. The third kappa shape index (κ3) is 5.49. The first kappa shape index (κ1) is 18.8. The third-order valence-electron chi connectivity index (χ3n) is 3.61. The van der Waals surface area contributed by atoms with Gasteiger partial charge in [-0.1, -0.05) is 0 Å². The maximum Gasteiger partial charge on any atom is 0.192 e. The van der Waals surface area contributed by atoms with E-state index in [1.807, 2.05) is 18.5 Å². The Bertz CT molecular complexity index is 731. The molecule has 0 unspecified atom stereocenters. The minimum absolute atomic E-state index is 0.00372. The summed E-state index contributed by atoms with van der Waals surface area (Å²) in [6, 6.07) is 3.31. The number of methoxy groups -OCH3 is 1. The van der Waals surface area contributed by atoms with Crippen LogP contribution in [0.2, 0.25) is 0 Å². The van der Waals surface area contributed by atoms with Gasteiger partial charge in [0.1, 0.15) is 17.5 Å². The van der Waals surface area contributed by atoms with Gasteiger partial charge in [-0.2, -0.15) is 0 Å². The van der Waals surface area contributed by atoms with Crippen molar-refractivity contribution < 1.29 is 13.5 Å². The van der Waals surface area contributed by atoms with Crippen LogP contribution in [-0.2, 0) is 24.9 Å². The Morgan fingerprint density at radius 2 is 2.08 bits per heavy atom. The molecule has 25 heavy (non-hydrogen) atoms. The van der Waals surface area contributed by atoms with Crippen LogP contribution < -0.4 is 10.6 Å². The summed E-state index contributed by atoms with van der Waals surface area (Å²) in [5, 5.41) is 14.2. The number of halogens is 2. The molecule has 2 aromatic rings. The molecular weight excluding hydrogens is 330 g/mol. The average molecular weight is 352 g/mol. The molecule has 7 nitrogen and oxygen atoms in total. The zero-order valence-electron chi connectivity index (χ0n) is 14.5. The first-order valence-corrected chi connectivity index (χ1v) is 7.81. The van der Waals surface area contributed by atoms with Gasteiger partial charge in [0, 0.05) is 26.3 Å². The van der Waals surface area contributed by atoms with E-state index in [1.54, 1.807) is 7.11 Å². The van der Waals surface area contributed by atoms with Gasteiger partial charge in [0.2, 0.25) is 0 Å². The maximum atomic E-state index is 13.7. The quantitative estimate of drug-likeness (QED) is 0.446. The molecule has 0 fully saturated rings. The fraction of sp³-hybridized carbons (Fsp3) is 0.438. The van der Waals surface area contributed by atoms with Crippen molar-refractivity contribution in [1.29, 1.82) is 0 Å². The number of nitrogens with zero attached hydrogens (tertiary/aromatic N) is 4. The van der Waals surface area contributed by atoms with Crippen LogP contribution in [0.5, 0.6) is 0 Å². The van der Waals surface area contributed by atoms with Gasteiger partial charge in [-0.25, -0.2) is 13.8 Å². The van der Waals surface area contributed by atoms with Crippen molar-refractivity contribution in [3.05, 3.63) is 47.0 Å². The standard InChI is InChI=1S/C16H22F2N6O/c1-11-22-23-15(24(11)2)10-21-16(19-6-7-25-3)20-9-12-8-13(17)4-5-14(12)18/h4-5,8H,6-7,9-10H2,1-3H3,(H2,19,20,21). The molecule has 0 aliphatic heterocycles. The molecule has 0 saturated heterocycles. The summed E-state index contributed by atoms with van der Waals surface area (Å²) < 4.78 is 33.8. The second kappa shape index (κ2) is 9.07. The summed E-state index contributed by atoms with van der Waals surface area (Å²) >= 11 is 0. The van der Waals surface area contributed by atoms with Crippen molar-refractivity contribution in [2.45, 2.75) is 20.0 Å². The predicted molar refractivity (Wildman–Crippen MR) is 90.0 cm³/mol. The highest BCUT2D eigenvalue weighted by molar-refractivity contribution is 5.79. The van der Waals surface area contributed by atoms with E-state index in [1.165, 1.54) is 0 Å². The molecule has 9 heteroatoms. The van der Waals surface area contributed by atoms with Crippen LogP contribution in [0.1, 0.15) is 17.2 Å². The number of guanidine groups is 1. The van der Waals surface area contributed by atoms with Crippen LogP contribution in [0, 0.1) is 18.6 Å². The van der Waals surface area contributed by atoms with Gasteiger partial charge < -0.3 is 19.9 Å². The van der Waals surface area contributed by atoms with Crippen molar-refractivity contribution in [3.63, 3.8) is 0 Å². The Kier molecular flexibility index (Phi) is 6.81. The number of hydrogen-bond acceptors (Lipinski definition) is 4. The molecule has 0 aliphatic rings. The number of hydrogen-bond donors (Lipinski definition) is 2. The first-order valence-electron chi connectivity index (χ1n) is 7.81. The van der Waals surface area contributed by atoms with E-state index in [2.05, 4.69) is 25.8 Å². The second-order valence-electron chi connectivity index (χ2n) is 5.40. The minimum atomic E-state index is -0.497. The number of aromatic nitrogens is 3. The van der Waals surface area contributed by atoms with Crippen molar-refractivity contribution in [3.8, 4) is 0 Å². The van der Waals surface area contributed by atoms with Crippen molar-refractivity contribution in [2.24, 2.45) is 12.0 Å². The van der Waals surface area contributed by atoms with Crippen molar-refractivity contribution in [2.75, 3.05) is 20.3 Å². The van der Waals surface area contributed by atoms with Gasteiger partial charge in [0.05, 0.1) is 19.7 Å². The smallest absolute Gasteiger partial charge is 0.192 e. The summed E-state index contributed by atoms with van der Waals surface area (Å²) in [7, 11) is 3.46.